The summed E-state index contributed by atoms with van der Waals surface area (Å²) in [6.45, 7) is 8.32. The Balaban J connectivity index is 0. The molecule has 0 spiro atoms. The van der Waals surface area contributed by atoms with E-state index in [1.54, 1.807) is 18.3 Å². The lowest BCUT2D eigenvalue weighted by atomic mass is 10.1. The van der Waals surface area contributed by atoms with Crippen LogP contribution in [0.1, 0.15) is 70.0 Å². The Morgan fingerprint density at radius 3 is 1.69 bits per heavy atom. The number of rotatable bonds is 1. The van der Waals surface area contributed by atoms with Gasteiger partial charge in [-0.15, -0.1) is 0 Å². The Bertz CT molecular complexity index is 882. The normalized spacial score (nSPS) is 14.2. The predicted octanol–water partition coefficient (Wildman–Crippen LogP) is 8.40. The van der Waals surface area contributed by atoms with Crippen molar-refractivity contribution in [2.24, 2.45) is 0 Å². The van der Waals surface area contributed by atoms with Gasteiger partial charge in [-0.05, 0) is 75.9 Å². The van der Waals surface area contributed by atoms with Crippen LogP contribution in [0.5, 0.6) is 0 Å². The maximum Gasteiger partial charge on any atom is 0.0667 e. The van der Waals surface area contributed by atoms with Crippen LogP contribution in [-0.2, 0) is 0 Å². The zero-order valence-corrected chi connectivity index (χ0v) is 16.1. The van der Waals surface area contributed by atoms with Gasteiger partial charge in [0, 0.05) is 18.1 Å². The zero-order valence-electron chi connectivity index (χ0n) is 18.1. The summed E-state index contributed by atoms with van der Waals surface area (Å²) in [6, 6.07) is 8.17. The number of hydrogen-bond donors (Lipinski definition) is 0. The molecule has 2 heterocycles. The van der Waals surface area contributed by atoms with E-state index in [1.807, 2.05) is 19.1 Å². The van der Waals surface area contributed by atoms with Crippen LogP contribution in [0.2, 0.25) is 0 Å². The number of pyridine rings is 2. The van der Waals surface area contributed by atoms with Crippen LogP contribution in [0.25, 0.3) is 5.57 Å². The van der Waals surface area contributed by atoms with Crippen LogP contribution < -0.4 is 0 Å². The van der Waals surface area contributed by atoms with E-state index >= 15 is 0 Å². The molecule has 0 bridgehead atoms. The first-order valence-electron chi connectivity index (χ1n) is 9.88. The van der Waals surface area contributed by atoms with E-state index in [0.717, 1.165) is 17.8 Å². The van der Waals surface area contributed by atoms with Gasteiger partial charge >= 0.3 is 0 Å². The first-order valence-corrected chi connectivity index (χ1v) is 8.88. The van der Waals surface area contributed by atoms with Crippen molar-refractivity contribution >= 4 is 5.57 Å². The third-order valence-electron chi connectivity index (χ3n) is 4.32. The number of aryl methyl sites for hydroxylation is 1. The smallest absolute Gasteiger partial charge is 0.0667 e. The Kier molecular flexibility index (Phi) is 12.7. The van der Waals surface area contributed by atoms with Gasteiger partial charge in [-0.3, -0.25) is 9.97 Å². The van der Waals surface area contributed by atoms with Crippen LogP contribution in [0.4, 0.5) is 0 Å². The molecule has 0 saturated heterocycles. The maximum absolute atomic E-state index is 7.32. The van der Waals surface area contributed by atoms with E-state index in [-0.39, 0.29) is 22.3 Å². The van der Waals surface area contributed by atoms with E-state index in [0.29, 0.717) is 12.1 Å². The van der Waals surface area contributed by atoms with Gasteiger partial charge in [-0.2, -0.15) is 0 Å². The molecule has 0 fully saturated rings. The number of aromatic nitrogens is 2. The molecule has 0 aliphatic heterocycles. The van der Waals surface area contributed by atoms with Crippen molar-refractivity contribution in [3.63, 3.8) is 0 Å². The highest BCUT2D eigenvalue weighted by Gasteiger charge is 2.07. The SMILES string of the molecule is C.C.C.CC1=C(C)CC=C1.[3H]c1ccc(C)nc1.[3H]c1ccc(C2=C(C)C=CC2)nc1. The quantitative estimate of drug-likeness (QED) is 0.483. The van der Waals surface area contributed by atoms with E-state index in [9.17, 15) is 0 Å². The topological polar surface area (TPSA) is 25.8 Å². The molecule has 0 amide bonds. The molecule has 158 valence electrons. The molecule has 0 aromatic carbocycles. The van der Waals surface area contributed by atoms with Crippen LogP contribution in [0.3, 0.4) is 0 Å². The van der Waals surface area contributed by atoms with Crippen LogP contribution >= 0.6 is 0 Å². The first kappa shape index (κ1) is 24.3. The summed E-state index contributed by atoms with van der Waals surface area (Å²) in [5.41, 5.74) is 7.48. The zero-order chi connectivity index (χ0) is 20.5. The van der Waals surface area contributed by atoms with Gasteiger partial charge < -0.3 is 0 Å². The number of nitrogens with zero attached hydrogens (tertiary/aromatic N) is 2. The molecular formula is C27H40N2. The van der Waals surface area contributed by atoms with E-state index in [2.05, 4.69) is 55.0 Å². The minimum Gasteiger partial charge on any atom is -0.262 e. The van der Waals surface area contributed by atoms with Crippen molar-refractivity contribution in [1.29, 1.82) is 0 Å². The molecule has 0 unspecified atom stereocenters. The lowest BCUT2D eigenvalue weighted by molar-refractivity contribution is 1.20. The molecule has 0 radical (unpaired) electrons. The Morgan fingerprint density at radius 1 is 0.759 bits per heavy atom. The second-order valence-corrected chi connectivity index (χ2v) is 6.38. The van der Waals surface area contributed by atoms with Crippen LogP contribution in [0.15, 0.2) is 89.8 Å². The molecule has 0 N–H and O–H groups in total. The molecule has 0 atom stereocenters. The Labute approximate surface area is 182 Å². The minimum absolute atomic E-state index is 0. The van der Waals surface area contributed by atoms with E-state index < -0.39 is 0 Å². The molecule has 2 aliphatic carbocycles. The van der Waals surface area contributed by atoms with Gasteiger partial charge in [0.05, 0.1) is 8.44 Å². The molecule has 2 aromatic rings. The second-order valence-electron chi connectivity index (χ2n) is 6.38. The van der Waals surface area contributed by atoms with Gasteiger partial charge in [0.1, 0.15) is 0 Å². The van der Waals surface area contributed by atoms with Crippen molar-refractivity contribution in [2.45, 2.75) is 62.8 Å². The highest BCUT2D eigenvalue weighted by atomic mass is 14.7. The van der Waals surface area contributed by atoms with E-state index in [4.69, 9.17) is 2.74 Å². The molecular weight excluding hydrogens is 352 g/mol. The standard InChI is InChI=1S/C11H11N.C7H10.C6H7N.3CH4/c1-9-5-4-6-10(9)11-7-2-3-8-12-11;1-6-4-3-5-7(6)2;1-6-4-2-3-5-7-6;;;/h2-5,7-8H,6H2,1H3;3-4H,5H2,1-2H3;2-5H,1H3;3*1H4/i3T;;3T;;;. The first-order chi connectivity index (χ1) is 13.4. The maximum atomic E-state index is 7.32. The fraction of sp³-hybridized carbons (Fsp3) is 0.333. The van der Waals surface area contributed by atoms with E-state index in [1.165, 1.54) is 34.9 Å². The fourth-order valence-electron chi connectivity index (χ4n) is 2.53. The van der Waals surface area contributed by atoms with Crippen molar-refractivity contribution in [1.82, 2.24) is 9.97 Å². The average Bonchev–Trinajstić information content (AvgIpc) is 3.27. The van der Waals surface area contributed by atoms with Crippen molar-refractivity contribution < 1.29 is 2.74 Å². The number of allylic oxidation sites excluding steroid dienone is 8. The average molecular weight is 397 g/mol. The molecule has 0 saturated carbocycles. The third kappa shape index (κ3) is 9.84. The van der Waals surface area contributed by atoms with Crippen LogP contribution in [-0.4, -0.2) is 9.97 Å². The minimum atomic E-state index is 0. The lowest BCUT2D eigenvalue weighted by Gasteiger charge is -2.01. The van der Waals surface area contributed by atoms with Crippen LogP contribution in [0, 0.1) is 6.92 Å². The molecule has 2 aromatic heterocycles. The van der Waals surface area contributed by atoms with Crippen molar-refractivity contribution in [3.8, 4) is 0 Å². The lowest BCUT2D eigenvalue weighted by Crippen LogP contribution is -1.86. The molecule has 2 heteroatoms. The summed E-state index contributed by atoms with van der Waals surface area (Å²) in [5, 5.41) is 0. The monoisotopic (exact) mass is 396 g/mol. The van der Waals surface area contributed by atoms with Gasteiger partial charge in [-0.25, -0.2) is 0 Å². The highest BCUT2D eigenvalue weighted by Crippen LogP contribution is 2.26. The largest absolute Gasteiger partial charge is 0.262 e. The Morgan fingerprint density at radius 2 is 1.34 bits per heavy atom. The van der Waals surface area contributed by atoms with Gasteiger partial charge in [0.15, 0.2) is 0 Å². The summed E-state index contributed by atoms with van der Waals surface area (Å²) in [4.78, 5) is 8.12. The fourth-order valence-corrected chi connectivity index (χ4v) is 2.53. The third-order valence-corrected chi connectivity index (χ3v) is 4.32. The van der Waals surface area contributed by atoms with Crippen molar-refractivity contribution in [2.75, 3.05) is 0 Å². The Hall–Kier alpha value is -2.74. The molecule has 2 aliphatic rings. The number of hydrogen-bond acceptors (Lipinski definition) is 2. The van der Waals surface area contributed by atoms with Crippen molar-refractivity contribution in [3.05, 3.63) is 101 Å². The molecule has 4 rings (SSSR count). The van der Waals surface area contributed by atoms with Gasteiger partial charge in [0.2, 0.25) is 0 Å². The molecule has 29 heavy (non-hydrogen) atoms. The highest BCUT2D eigenvalue weighted by molar-refractivity contribution is 5.71. The van der Waals surface area contributed by atoms with Gasteiger partial charge in [-0.1, -0.05) is 69.9 Å². The summed E-state index contributed by atoms with van der Waals surface area (Å²) in [6.07, 6.45) is 13.9. The summed E-state index contributed by atoms with van der Waals surface area (Å²) in [7, 11) is 0. The summed E-state index contributed by atoms with van der Waals surface area (Å²) >= 11 is 0. The second kappa shape index (κ2) is 15.2. The molecule has 2 nitrogen and oxygen atoms in total. The predicted molar refractivity (Wildman–Crippen MR) is 132 cm³/mol. The summed E-state index contributed by atoms with van der Waals surface area (Å²) < 4.78 is 14.3. The summed E-state index contributed by atoms with van der Waals surface area (Å²) in [5.74, 6) is 0. The van der Waals surface area contributed by atoms with Gasteiger partial charge in [0.25, 0.3) is 0 Å².